The molecule has 0 bridgehead atoms. The van der Waals surface area contributed by atoms with Crippen LogP contribution in [0.25, 0.3) is 0 Å². The van der Waals surface area contributed by atoms with Gasteiger partial charge in [-0.3, -0.25) is 4.68 Å². The third kappa shape index (κ3) is 5.08. The first-order chi connectivity index (χ1) is 13.0. The van der Waals surface area contributed by atoms with Crippen molar-refractivity contribution in [2.45, 2.75) is 45.4 Å². The number of nitriles is 2. The molecule has 28 heavy (non-hydrogen) atoms. The van der Waals surface area contributed by atoms with Gasteiger partial charge in [0.15, 0.2) is 5.69 Å². The van der Waals surface area contributed by atoms with Crippen molar-refractivity contribution in [2.75, 3.05) is 0 Å². The third-order valence-corrected chi connectivity index (χ3v) is 4.27. The number of nitrogens with one attached hydrogen (secondary N) is 1. The molecule has 0 saturated carbocycles. The second-order valence-electron chi connectivity index (χ2n) is 7.38. The van der Waals surface area contributed by atoms with E-state index >= 15 is 0 Å². The topological polar surface area (TPSA) is 104 Å². The average molecular weight is 448 g/mol. The monoisotopic (exact) mass is 447 g/mol. The van der Waals surface area contributed by atoms with E-state index in [0.717, 1.165) is 0 Å². The average Bonchev–Trinajstić information content (AvgIpc) is 2.96. The van der Waals surface area contributed by atoms with Crippen LogP contribution in [0.2, 0.25) is 0 Å². The zero-order valence-corrected chi connectivity index (χ0v) is 17.5. The number of hydrogen-bond acceptors (Lipinski definition) is 5. The number of aromatic nitrogens is 2. The Hall–Kier alpha value is -2.91. The molecule has 1 heterocycles. The highest BCUT2D eigenvalue weighted by Gasteiger charge is 2.35. The Labute approximate surface area is 170 Å². The van der Waals surface area contributed by atoms with Gasteiger partial charge in [-0.05, 0) is 45.9 Å². The van der Waals surface area contributed by atoms with Gasteiger partial charge < -0.3 is 10.1 Å². The predicted molar refractivity (Wildman–Crippen MR) is 102 cm³/mol. The maximum Gasteiger partial charge on any atom is 0.408 e. The Balaban J connectivity index is 2.52. The van der Waals surface area contributed by atoms with Crippen molar-refractivity contribution >= 4 is 22.0 Å². The van der Waals surface area contributed by atoms with E-state index in [2.05, 4.69) is 26.3 Å². The van der Waals surface area contributed by atoms with Gasteiger partial charge in [-0.1, -0.05) is 15.9 Å². The molecular weight excluding hydrogens is 429 g/mol. The normalized spacial score (nSPS) is 13.1. The summed E-state index contributed by atoms with van der Waals surface area (Å²) >= 11 is 3.30. The Morgan fingerprint density at radius 3 is 2.54 bits per heavy atom. The minimum absolute atomic E-state index is 0.0471. The van der Waals surface area contributed by atoms with Gasteiger partial charge in [-0.15, -0.1) is 0 Å². The quantitative estimate of drug-likeness (QED) is 0.763. The van der Waals surface area contributed by atoms with Crippen molar-refractivity contribution < 1.29 is 13.9 Å². The lowest BCUT2D eigenvalue weighted by molar-refractivity contribution is 0.0445. The largest absolute Gasteiger partial charge is 0.444 e. The molecule has 1 aromatic carbocycles. The highest BCUT2D eigenvalue weighted by molar-refractivity contribution is 9.10. The molecule has 0 aliphatic heterocycles. The first-order valence-corrected chi connectivity index (χ1v) is 9.11. The summed E-state index contributed by atoms with van der Waals surface area (Å²) in [5.74, 6) is -0.548. The fraction of sp³-hybridized carbons (Fsp3) is 0.368. The number of amides is 1. The van der Waals surface area contributed by atoms with Gasteiger partial charge in [0.2, 0.25) is 0 Å². The van der Waals surface area contributed by atoms with E-state index in [1.54, 1.807) is 27.7 Å². The van der Waals surface area contributed by atoms with Gasteiger partial charge >= 0.3 is 6.09 Å². The zero-order valence-electron chi connectivity index (χ0n) is 15.9. The van der Waals surface area contributed by atoms with Gasteiger partial charge in [-0.25, -0.2) is 9.18 Å². The third-order valence-electron chi connectivity index (χ3n) is 3.77. The SMILES string of the molecule is CC(C)(C)OC(=O)NC(C)(Cn1nc(C#N)cc1C#N)c1cc(Br)ccc1F. The van der Waals surface area contributed by atoms with Gasteiger partial charge in [0.25, 0.3) is 0 Å². The Kier molecular flexibility index (Phi) is 6.10. The van der Waals surface area contributed by atoms with Gasteiger partial charge in [0.1, 0.15) is 29.3 Å². The number of hydrogen-bond donors (Lipinski definition) is 1. The molecule has 0 aliphatic carbocycles. The summed E-state index contributed by atoms with van der Waals surface area (Å²) in [6, 6.07) is 9.47. The maximum atomic E-state index is 14.6. The lowest BCUT2D eigenvalue weighted by Gasteiger charge is -2.33. The summed E-state index contributed by atoms with van der Waals surface area (Å²) < 4.78 is 21.8. The van der Waals surface area contributed by atoms with E-state index < -0.39 is 23.1 Å². The fourth-order valence-corrected chi connectivity index (χ4v) is 2.98. The van der Waals surface area contributed by atoms with E-state index in [1.807, 2.05) is 12.1 Å². The molecule has 2 rings (SSSR count). The molecule has 9 heteroatoms. The first kappa shape index (κ1) is 21.4. The van der Waals surface area contributed by atoms with Crippen LogP contribution in [0.5, 0.6) is 0 Å². The van der Waals surface area contributed by atoms with Crippen LogP contribution >= 0.6 is 15.9 Å². The molecule has 0 spiro atoms. The van der Waals surface area contributed by atoms with Crippen molar-refractivity contribution in [2.24, 2.45) is 0 Å². The van der Waals surface area contributed by atoms with Crippen LogP contribution in [-0.4, -0.2) is 21.5 Å². The fourth-order valence-electron chi connectivity index (χ4n) is 2.62. The van der Waals surface area contributed by atoms with Crippen molar-refractivity contribution in [3.05, 3.63) is 51.5 Å². The Morgan fingerprint density at radius 2 is 1.96 bits per heavy atom. The first-order valence-electron chi connectivity index (χ1n) is 8.32. The summed E-state index contributed by atoms with van der Waals surface area (Å²) in [6.07, 6.45) is -0.749. The van der Waals surface area contributed by atoms with Crippen molar-refractivity contribution in [1.29, 1.82) is 10.5 Å². The standard InChI is InChI=1S/C19H19BrFN5O2/c1-18(2,3)28-17(27)24-19(4,15-7-12(20)5-6-16(15)21)11-26-14(10-23)8-13(9-22)25-26/h5-8H,11H2,1-4H3,(H,24,27). The number of nitrogens with zero attached hydrogens (tertiary/aromatic N) is 4. The molecule has 0 aliphatic rings. The lowest BCUT2D eigenvalue weighted by Crippen LogP contribution is -2.49. The van der Waals surface area contributed by atoms with Crippen molar-refractivity contribution in [3.8, 4) is 12.1 Å². The molecule has 1 aromatic heterocycles. The molecule has 146 valence electrons. The van der Waals surface area contributed by atoms with Crippen LogP contribution in [0, 0.1) is 28.5 Å². The molecule has 2 aromatic rings. The maximum absolute atomic E-state index is 14.6. The summed E-state index contributed by atoms with van der Waals surface area (Å²) in [6.45, 7) is 6.64. The van der Waals surface area contributed by atoms with Gasteiger partial charge in [0, 0.05) is 16.1 Å². The second kappa shape index (κ2) is 7.99. The van der Waals surface area contributed by atoms with Gasteiger partial charge in [0.05, 0.1) is 12.1 Å². The lowest BCUT2D eigenvalue weighted by atomic mass is 9.91. The molecule has 1 amide bonds. The van der Waals surface area contributed by atoms with Crippen LogP contribution in [0.15, 0.2) is 28.7 Å². The molecule has 7 nitrogen and oxygen atoms in total. The smallest absolute Gasteiger partial charge is 0.408 e. The van der Waals surface area contributed by atoms with Crippen LogP contribution in [0.3, 0.4) is 0 Å². The highest BCUT2D eigenvalue weighted by Crippen LogP contribution is 2.29. The number of carbonyl (C=O) groups excluding carboxylic acids is 1. The molecular formula is C19H19BrFN5O2. The van der Waals surface area contributed by atoms with Crippen LogP contribution < -0.4 is 5.32 Å². The minimum Gasteiger partial charge on any atom is -0.444 e. The molecule has 0 saturated heterocycles. The van der Waals surface area contributed by atoms with Crippen LogP contribution in [-0.2, 0) is 16.8 Å². The molecule has 0 radical (unpaired) electrons. The summed E-state index contributed by atoms with van der Waals surface area (Å²) in [5, 5.41) is 25.1. The van der Waals surface area contributed by atoms with Crippen molar-refractivity contribution in [1.82, 2.24) is 15.1 Å². The predicted octanol–water partition coefficient (Wildman–Crippen LogP) is 3.97. The number of halogens is 2. The van der Waals surface area contributed by atoms with Gasteiger partial charge in [-0.2, -0.15) is 15.6 Å². The van der Waals surface area contributed by atoms with E-state index in [-0.39, 0.29) is 23.5 Å². The molecule has 0 fully saturated rings. The van der Waals surface area contributed by atoms with E-state index in [9.17, 15) is 14.4 Å². The van der Waals surface area contributed by atoms with Crippen LogP contribution in [0.1, 0.15) is 44.6 Å². The number of benzene rings is 1. The highest BCUT2D eigenvalue weighted by atomic mass is 79.9. The number of alkyl carbamates (subject to hydrolysis) is 1. The van der Waals surface area contributed by atoms with Crippen molar-refractivity contribution in [3.63, 3.8) is 0 Å². The summed E-state index contributed by atoms with van der Waals surface area (Å²) in [7, 11) is 0. The molecule has 1 unspecified atom stereocenters. The number of rotatable bonds is 4. The second-order valence-corrected chi connectivity index (χ2v) is 8.29. The minimum atomic E-state index is -1.32. The van der Waals surface area contributed by atoms with E-state index in [0.29, 0.717) is 4.47 Å². The molecule has 1 atom stereocenters. The summed E-state index contributed by atoms with van der Waals surface area (Å²) in [5.41, 5.74) is -1.74. The van der Waals surface area contributed by atoms with E-state index in [4.69, 9.17) is 10.00 Å². The molecule has 1 N–H and O–H groups in total. The Morgan fingerprint density at radius 1 is 1.29 bits per heavy atom. The Bertz CT molecular complexity index is 984. The van der Waals surface area contributed by atoms with Crippen LogP contribution in [0.4, 0.5) is 9.18 Å². The zero-order chi connectivity index (χ0) is 21.1. The number of carbonyl (C=O) groups is 1. The number of ether oxygens (including phenoxy) is 1. The summed E-state index contributed by atoms with van der Waals surface area (Å²) in [4.78, 5) is 12.4. The van der Waals surface area contributed by atoms with E-state index in [1.165, 1.54) is 28.9 Å².